The summed E-state index contributed by atoms with van der Waals surface area (Å²) in [5.74, 6) is -1.15. The van der Waals surface area contributed by atoms with Crippen molar-refractivity contribution in [1.82, 2.24) is 9.55 Å². The molecule has 2 aromatic heterocycles. The minimum absolute atomic E-state index is 0.0124. The number of nitrogens with zero attached hydrogens (tertiary/aromatic N) is 1. The van der Waals surface area contributed by atoms with Gasteiger partial charge in [0.1, 0.15) is 0 Å². The Labute approximate surface area is 112 Å². The molecule has 0 unspecified atom stereocenters. The lowest BCUT2D eigenvalue weighted by Gasteiger charge is -2.03. The normalized spacial score (nSPS) is 10.8. The molecule has 0 saturated heterocycles. The lowest BCUT2D eigenvalue weighted by atomic mass is 10.4. The molecule has 0 aliphatic heterocycles. The molecule has 0 saturated carbocycles. The second-order valence-electron chi connectivity index (χ2n) is 3.16. The summed E-state index contributed by atoms with van der Waals surface area (Å²) in [4.78, 5) is 25.8. The van der Waals surface area contributed by atoms with E-state index in [1.54, 1.807) is 12.1 Å². The number of H-pyrrole nitrogens is 1. The third-order valence-electron chi connectivity index (χ3n) is 2.03. The molecule has 8 heteroatoms. The van der Waals surface area contributed by atoms with Gasteiger partial charge in [-0.15, -0.1) is 11.3 Å². The van der Waals surface area contributed by atoms with Crippen LogP contribution in [0.1, 0.15) is 4.88 Å². The molecule has 0 aliphatic rings. The molecule has 2 rings (SSSR count). The first-order chi connectivity index (χ1) is 7.99. The SMILES string of the molecule is O=c1[nH]c(Cl)c(F)c(=O)n1Cc1ccc(Br)s1. The molecule has 0 fully saturated rings. The maximum Gasteiger partial charge on any atom is 0.329 e. The fourth-order valence-corrected chi connectivity index (χ4v) is 2.89. The number of hydrogen-bond acceptors (Lipinski definition) is 3. The minimum atomic E-state index is -1.15. The average Bonchev–Trinajstić information content (AvgIpc) is 2.67. The van der Waals surface area contributed by atoms with Crippen molar-refractivity contribution >= 4 is 38.9 Å². The predicted octanol–water partition coefficient (Wildman–Crippen LogP) is 2.20. The summed E-state index contributed by atoms with van der Waals surface area (Å²) in [5.41, 5.74) is -1.76. The Morgan fingerprint density at radius 1 is 1.47 bits per heavy atom. The lowest BCUT2D eigenvalue weighted by Crippen LogP contribution is -2.37. The van der Waals surface area contributed by atoms with Crippen LogP contribution < -0.4 is 11.2 Å². The summed E-state index contributed by atoms with van der Waals surface area (Å²) < 4.78 is 14.9. The highest BCUT2D eigenvalue weighted by molar-refractivity contribution is 9.11. The molecule has 0 atom stereocenters. The van der Waals surface area contributed by atoms with E-state index >= 15 is 0 Å². The Morgan fingerprint density at radius 2 is 2.18 bits per heavy atom. The zero-order chi connectivity index (χ0) is 12.6. The lowest BCUT2D eigenvalue weighted by molar-refractivity contribution is 0.559. The van der Waals surface area contributed by atoms with Gasteiger partial charge >= 0.3 is 5.69 Å². The maximum absolute atomic E-state index is 13.2. The molecular formula is C9H5BrClFN2O2S. The smallest absolute Gasteiger partial charge is 0.295 e. The molecule has 17 heavy (non-hydrogen) atoms. The molecule has 0 aromatic carbocycles. The van der Waals surface area contributed by atoms with Crippen LogP contribution in [-0.2, 0) is 6.54 Å². The van der Waals surface area contributed by atoms with Crippen LogP contribution >= 0.6 is 38.9 Å². The number of nitrogens with one attached hydrogen (secondary N) is 1. The Balaban J connectivity index is 2.50. The largest absolute Gasteiger partial charge is 0.329 e. The van der Waals surface area contributed by atoms with Crippen molar-refractivity contribution in [3.8, 4) is 0 Å². The standard InChI is InChI=1S/C9H5BrClFN2O2S/c10-5-2-1-4(17-5)3-14-8(15)6(12)7(11)13-9(14)16/h1-2H,3H2,(H,13,16). The molecule has 1 N–H and O–H groups in total. The first kappa shape index (κ1) is 12.5. The number of thiophene rings is 1. The molecule has 0 radical (unpaired) electrons. The Hall–Kier alpha value is -0.920. The van der Waals surface area contributed by atoms with Crippen LogP contribution in [0.4, 0.5) is 4.39 Å². The van der Waals surface area contributed by atoms with Gasteiger partial charge in [-0.25, -0.2) is 4.79 Å². The van der Waals surface area contributed by atoms with Crippen molar-refractivity contribution in [3.05, 3.63) is 52.6 Å². The van der Waals surface area contributed by atoms with Gasteiger partial charge in [-0.3, -0.25) is 14.3 Å². The van der Waals surface area contributed by atoms with E-state index in [0.717, 1.165) is 13.2 Å². The summed E-state index contributed by atoms with van der Waals surface area (Å²) in [6.45, 7) is 0.0124. The van der Waals surface area contributed by atoms with Crippen LogP contribution in [0.5, 0.6) is 0 Å². The zero-order valence-electron chi connectivity index (χ0n) is 8.17. The number of aromatic amines is 1. The van der Waals surface area contributed by atoms with Gasteiger partial charge in [-0.2, -0.15) is 4.39 Å². The Morgan fingerprint density at radius 3 is 2.76 bits per heavy atom. The second kappa shape index (κ2) is 4.75. The maximum atomic E-state index is 13.2. The van der Waals surface area contributed by atoms with E-state index in [-0.39, 0.29) is 6.54 Å². The Bertz CT molecular complexity index is 678. The van der Waals surface area contributed by atoms with Gasteiger partial charge in [-0.05, 0) is 28.1 Å². The summed E-state index contributed by atoms with van der Waals surface area (Å²) in [6, 6.07) is 3.53. The summed E-state index contributed by atoms with van der Waals surface area (Å²) in [7, 11) is 0. The molecule has 2 aromatic rings. The number of halogens is 3. The van der Waals surface area contributed by atoms with E-state index in [4.69, 9.17) is 11.6 Å². The Kier molecular flexibility index (Phi) is 3.50. The van der Waals surface area contributed by atoms with Crippen molar-refractivity contribution < 1.29 is 4.39 Å². The van der Waals surface area contributed by atoms with Crippen molar-refractivity contribution in [2.24, 2.45) is 0 Å². The molecular weight excluding hydrogens is 335 g/mol. The van der Waals surface area contributed by atoms with Crippen LogP contribution in [0.2, 0.25) is 5.15 Å². The third-order valence-corrected chi connectivity index (χ3v) is 3.90. The van der Waals surface area contributed by atoms with E-state index in [2.05, 4.69) is 20.9 Å². The highest BCUT2D eigenvalue weighted by atomic mass is 79.9. The van der Waals surface area contributed by atoms with Crippen molar-refractivity contribution in [2.45, 2.75) is 6.54 Å². The summed E-state index contributed by atoms with van der Waals surface area (Å²) >= 11 is 9.97. The second-order valence-corrected chi connectivity index (χ2v) is 6.08. The third kappa shape index (κ3) is 2.51. The van der Waals surface area contributed by atoms with Crippen LogP contribution in [0.25, 0.3) is 0 Å². The monoisotopic (exact) mass is 338 g/mol. The highest BCUT2D eigenvalue weighted by Crippen LogP contribution is 2.22. The molecule has 90 valence electrons. The fourth-order valence-electron chi connectivity index (χ4n) is 1.26. The average molecular weight is 340 g/mol. The molecule has 0 amide bonds. The topological polar surface area (TPSA) is 54.9 Å². The van der Waals surface area contributed by atoms with E-state index in [0.29, 0.717) is 0 Å². The number of rotatable bonds is 2. The van der Waals surface area contributed by atoms with Gasteiger partial charge in [0.25, 0.3) is 5.56 Å². The van der Waals surface area contributed by atoms with Gasteiger partial charge in [0, 0.05) is 4.88 Å². The van der Waals surface area contributed by atoms with E-state index in [1.807, 2.05) is 0 Å². The minimum Gasteiger partial charge on any atom is -0.295 e. The van der Waals surface area contributed by atoms with Gasteiger partial charge < -0.3 is 0 Å². The highest BCUT2D eigenvalue weighted by Gasteiger charge is 2.12. The van der Waals surface area contributed by atoms with E-state index < -0.39 is 22.2 Å². The van der Waals surface area contributed by atoms with Crippen LogP contribution in [0.3, 0.4) is 0 Å². The number of hydrogen-bond donors (Lipinski definition) is 1. The summed E-state index contributed by atoms with van der Waals surface area (Å²) in [5, 5.41) is -0.566. The van der Waals surface area contributed by atoms with Crippen LogP contribution in [0.15, 0.2) is 25.5 Å². The molecule has 0 spiro atoms. The first-order valence-corrected chi connectivity index (χ1v) is 6.40. The van der Waals surface area contributed by atoms with Crippen LogP contribution in [0, 0.1) is 5.82 Å². The molecule has 0 bridgehead atoms. The molecule has 0 aliphatic carbocycles. The van der Waals surface area contributed by atoms with Crippen molar-refractivity contribution in [1.29, 1.82) is 0 Å². The molecule has 2 heterocycles. The van der Waals surface area contributed by atoms with Gasteiger partial charge in [-0.1, -0.05) is 11.6 Å². The zero-order valence-corrected chi connectivity index (χ0v) is 11.3. The van der Waals surface area contributed by atoms with Crippen molar-refractivity contribution in [3.63, 3.8) is 0 Å². The number of aromatic nitrogens is 2. The quantitative estimate of drug-likeness (QED) is 0.853. The van der Waals surface area contributed by atoms with E-state index in [1.165, 1.54) is 11.3 Å². The van der Waals surface area contributed by atoms with Crippen molar-refractivity contribution in [2.75, 3.05) is 0 Å². The fraction of sp³-hybridized carbons (Fsp3) is 0.111. The van der Waals surface area contributed by atoms with Gasteiger partial charge in [0.15, 0.2) is 5.15 Å². The van der Waals surface area contributed by atoms with Gasteiger partial charge in [0.2, 0.25) is 5.82 Å². The summed E-state index contributed by atoms with van der Waals surface area (Å²) in [6.07, 6.45) is 0. The van der Waals surface area contributed by atoms with Crippen LogP contribution in [-0.4, -0.2) is 9.55 Å². The predicted molar refractivity (Wildman–Crippen MR) is 67.4 cm³/mol. The van der Waals surface area contributed by atoms with E-state index in [9.17, 15) is 14.0 Å². The van der Waals surface area contributed by atoms with Gasteiger partial charge in [0.05, 0.1) is 10.3 Å². The first-order valence-electron chi connectivity index (χ1n) is 4.41. The molecule has 4 nitrogen and oxygen atoms in total.